The van der Waals surface area contributed by atoms with Gasteiger partial charge in [0.1, 0.15) is 36.9 Å². The summed E-state index contributed by atoms with van der Waals surface area (Å²) in [7, 11) is -4.49. The number of hydrogen-bond donors (Lipinski definition) is 3. The zero-order chi connectivity index (χ0) is 34.6. The molecule has 1 fully saturated rings. The number of fused-ring (bicyclic) bond motifs is 1. The number of para-hydroxylation sites is 1. The first kappa shape index (κ1) is 34.9. The summed E-state index contributed by atoms with van der Waals surface area (Å²) in [4.78, 5) is 41.6. The van der Waals surface area contributed by atoms with Crippen LogP contribution in [0.25, 0.3) is 0 Å². The minimum atomic E-state index is -4.49. The van der Waals surface area contributed by atoms with Gasteiger partial charge in [0.2, 0.25) is 6.23 Å². The summed E-state index contributed by atoms with van der Waals surface area (Å²) in [6, 6.07) is 12.0. The van der Waals surface area contributed by atoms with E-state index in [1.807, 2.05) is 0 Å². The van der Waals surface area contributed by atoms with Crippen molar-refractivity contribution in [3.63, 3.8) is 0 Å². The highest BCUT2D eigenvalue weighted by Crippen LogP contribution is 2.48. The molecule has 1 aromatic heterocycles. The summed E-state index contributed by atoms with van der Waals surface area (Å²) in [6.45, 7) is 4.32. The predicted molar refractivity (Wildman–Crippen MR) is 163 cm³/mol. The molecule has 1 saturated heterocycles. The van der Waals surface area contributed by atoms with Crippen molar-refractivity contribution < 1.29 is 56.0 Å². The highest BCUT2D eigenvalue weighted by molar-refractivity contribution is 7.52. The first-order chi connectivity index (χ1) is 22.8. The van der Waals surface area contributed by atoms with Gasteiger partial charge in [0.25, 0.3) is 5.91 Å². The van der Waals surface area contributed by atoms with E-state index in [-0.39, 0.29) is 17.1 Å². The molecule has 0 spiro atoms. The first-order valence-corrected chi connectivity index (χ1v) is 16.3. The second-order valence-electron chi connectivity index (χ2n) is 11.0. The quantitative estimate of drug-likeness (QED) is 0.185. The van der Waals surface area contributed by atoms with Crippen molar-refractivity contribution in [2.24, 2.45) is 0 Å². The number of nitrogens with zero attached hydrogens (tertiary/aromatic N) is 2. The van der Waals surface area contributed by atoms with Crippen LogP contribution >= 0.6 is 7.75 Å². The molecule has 2 aliphatic heterocycles. The molecule has 15 nitrogen and oxygen atoms in total. The van der Waals surface area contributed by atoms with E-state index in [1.165, 1.54) is 31.2 Å². The summed E-state index contributed by atoms with van der Waals surface area (Å²) in [5, 5.41) is 15.3. The third-order valence-electron chi connectivity index (χ3n) is 6.94. The zero-order valence-corrected chi connectivity index (χ0v) is 26.8. The second-order valence-corrected chi connectivity index (χ2v) is 12.7. The zero-order valence-electron chi connectivity index (χ0n) is 25.9. The number of ether oxygens (including phenoxy) is 4. The Balaban J connectivity index is 1.28. The number of aliphatic hydroxyl groups is 1. The van der Waals surface area contributed by atoms with Crippen molar-refractivity contribution in [3.8, 4) is 17.2 Å². The van der Waals surface area contributed by atoms with Crippen LogP contribution in [0.1, 0.15) is 37.4 Å². The van der Waals surface area contributed by atoms with Crippen LogP contribution in [0.2, 0.25) is 0 Å². The van der Waals surface area contributed by atoms with Crippen LogP contribution in [-0.2, 0) is 23.4 Å². The lowest BCUT2D eigenvalue weighted by Crippen LogP contribution is -2.42. The van der Waals surface area contributed by atoms with Gasteiger partial charge in [0.15, 0.2) is 17.6 Å². The molecular weight excluding hydrogens is 661 g/mol. The topological polar surface area (TPSA) is 186 Å². The summed E-state index contributed by atoms with van der Waals surface area (Å²) in [5.41, 5.74) is -1.07. The fourth-order valence-electron chi connectivity index (χ4n) is 4.65. The number of alkyl halides is 2. The van der Waals surface area contributed by atoms with Crippen LogP contribution in [0.15, 0.2) is 65.6 Å². The highest BCUT2D eigenvalue weighted by atomic mass is 31.2. The van der Waals surface area contributed by atoms with E-state index in [9.17, 15) is 24.1 Å². The van der Waals surface area contributed by atoms with E-state index in [1.54, 1.807) is 38.1 Å². The number of aliphatic hydroxyl groups excluding tert-OH is 1. The minimum Gasteiger partial charge on any atom is -0.486 e. The number of benzene rings is 2. The number of carbonyl (C=O) groups excluding carboxylic acids is 2. The number of amides is 1. The molecule has 48 heavy (non-hydrogen) atoms. The molecule has 18 heteroatoms. The molecule has 5 atom stereocenters. The van der Waals surface area contributed by atoms with Gasteiger partial charge in [-0.25, -0.2) is 9.36 Å². The van der Waals surface area contributed by atoms with E-state index >= 15 is 8.78 Å². The lowest BCUT2D eigenvalue weighted by atomic mass is 10.1. The maximum absolute atomic E-state index is 15.3. The fourth-order valence-corrected chi connectivity index (χ4v) is 6.15. The normalized spacial score (nSPS) is 21.6. The van der Waals surface area contributed by atoms with Crippen molar-refractivity contribution in [2.45, 2.75) is 57.3 Å². The molecule has 3 N–H and O–H groups in total. The van der Waals surface area contributed by atoms with E-state index in [4.69, 9.17) is 28.0 Å². The number of nitrogens with one attached hydrogen (secondary N) is 2. The maximum atomic E-state index is 15.3. The van der Waals surface area contributed by atoms with Gasteiger partial charge < -0.3 is 33.9 Å². The largest absolute Gasteiger partial charge is 0.486 e. The van der Waals surface area contributed by atoms with Gasteiger partial charge in [-0.1, -0.05) is 18.2 Å². The summed E-state index contributed by atoms with van der Waals surface area (Å²) in [5.74, 6) is -4.86. The molecule has 0 bridgehead atoms. The van der Waals surface area contributed by atoms with Crippen LogP contribution < -0.4 is 30.1 Å². The van der Waals surface area contributed by atoms with E-state index in [0.717, 1.165) is 12.3 Å². The van der Waals surface area contributed by atoms with Gasteiger partial charge in [-0.3, -0.25) is 18.7 Å². The molecule has 2 aromatic carbocycles. The van der Waals surface area contributed by atoms with Gasteiger partial charge in [-0.05, 0) is 57.2 Å². The Bertz CT molecular complexity index is 1740. The number of carbonyl (C=O) groups is 2. The van der Waals surface area contributed by atoms with E-state index in [0.29, 0.717) is 29.3 Å². The average molecular weight is 695 g/mol. The number of halogens is 2. The predicted octanol–water partition coefficient (Wildman–Crippen LogP) is 3.29. The molecule has 3 aromatic rings. The number of aromatic nitrogens is 2. The van der Waals surface area contributed by atoms with Gasteiger partial charge in [0.05, 0.1) is 12.7 Å². The SMILES string of the molecule is CC(C)OC(=O)[C@@H](C)NP(=O)(OC[C@H]1OC(n2ccc(NC(=O)c3ccc4c(c3)OCCO4)nc2=O)C(F)(F)[C@@H]1O)Oc1ccccc1. The minimum absolute atomic E-state index is 0.0626. The highest BCUT2D eigenvalue weighted by Gasteiger charge is 2.60. The lowest BCUT2D eigenvalue weighted by Gasteiger charge is -2.25. The molecule has 0 radical (unpaired) electrons. The van der Waals surface area contributed by atoms with Crippen LogP contribution in [0, 0.1) is 0 Å². The van der Waals surface area contributed by atoms with Crippen molar-refractivity contribution in [1.82, 2.24) is 14.6 Å². The van der Waals surface area contributed by atoms with Crippen molar-refractivity contribution in [1.29, 1.82) is 0 Å². The molecular formula is C30H33F2N4O11P. The third kappa shape index (κ3) is 7.99. The number of rotatable bonds is 12. The number of esters is 1. The standard InChI is InChI=1S/C30H33F2N4O11P/c1-17(2)45-27(39)18(3)35-48(41,47-20-7-5-4-6-8-20)44-16-23-25(37)30(31,32)28(46-23)36-12-11-24(34-29(36)40)33-26(38)19-9-10-21-22(15-19)43-14-13-42-21/h4-12,15,17-18,23,25,28,37H,13-14,16H2,1-3H3,(H,35,41)(H,33,34,38,40)/t18-,23-,25-,28?,48?/m1/s1. The Labute approximate surface area is 272 Å². The van der Waals surface area contributed by atoms with Gasteiger partial charge >= 0.3 is 25.3 Å². The first-order valence-electron chi connectivity index (χ1n) is 14.7. The Hall–Kier alpha value is -4.41. The monoisotopic (exact) mass is 694 g/mol. The third-order valence-corrected chi connectivity index (χ3v) is 8.59. The Morgan fingerprint density at radius 2 is 1.81 bits per heavy atom. The molecule has 5 rings (SSSR count). The van der Waals surface area contributed by atoms with Crippen LogP contribution in [0.4, 0.5) is 14.6 Å². The average Bonchev–Trinajstić information content (AvgIpc) is 3.27. The number of hydrogen-bond acceptors (Lipinski definition) is 12. The summed E-state index contributed by atoms with van der Waals surface area (Å²) >= 11 is 0. The summed E-state index contributed by atoms with van der Waals surface area (Å²) < 4.78 is 77.0. The molecule has 3 heterocycles. The van der Waals surface area contributed by atoms with Gasteiger partial charge in [-0.15, -0.1) is 0 Å². The fraction of sp³-hybridized carbons (Fsp3) is 0.400. The molecule has 258 valence electrons. The Morgan fingerprint density at radius 1 is 1.10 bits per heavy atom. The van der Waals surface area contributed by atoms with E-state index in [2.05, 4.69) is 15.4 Å². The molecule has 0 aliphatic carbocycles. The summed E-state index contributed by atoms with van der Waals surface area (Å²) in [6.07, 6.45) is -6.28. The van der Waals surface area contributed by atoms with E-state index < -0.39 is 68.4 Å². The van der Waals surface area contributed by atoms with Crippen LogP contribution in [0.5, 0.6) is 17.2 Å². The smallest absolute Gasteiger partial charge is 0.459 e. The Morgan fingerprint density at radius 3 is 2.50 bits per heavy atom. The molecule has 2 unspecified atom stereocenters. The maximum Gasteiger partial charge on any atom is 0.459 e. The van der Waals surface area contributed by atoms with Gasteiger partial charge in [-0.2, -0.15) is 18.9 Å². The van der Waals surface area contributed by atoms with Gasteiger partial charge in [0, 0.05) is 11.8 Å². The van der Waals surface area contributed by atoms with Crippen molar-refractivity contribution in [3.05, 3.63) is 76.8 Å². The lowest BCUT2D eigenvalue weighted by molar-refractivity contribution is -0.149. The van der Waals surface area contributed by atoms with Crippen molar-refractivity contribution >= 4 is 25.4 Å². The van der Waals surface area contributed by atoms with Crippen molar-refractivity contribution in [2.75, 3.05) is 25.1 Å². The Kier molecular flexibility index (Phi) is 10.5. The molecule has 1 amide bonds. The second kappa shape index (κ2) is 14.4. The number of anilines is 1. The van der Waals surface area contributed by atoms with Crippen LogP contribution in [0.3, 0.4) is 0 Å². The molecule has 0 saturated carbocycles. The van der Waals surface area contributed by atoms with Crippen LogP contribution in [-0.4, -0.2) is 76.6 Å². The molecule has 2 aliphatic rings.